The number of fused-ring (bicyclic) bond motifs is 1. The van der Waals surface area contributed by atoms with Crippen LogP contribution in [0.3, 0.4) is 0 Å². The topological polar surface area (TPSA) is 70.9 Å². The van der Waals surface area contributed by atoms with Gasteiger partial charge in [-0.25, -0.2) is 9.67 Å². The van der Waals surface area contributed by atoms with E-state index in [4.69, 9.17) is 26.7 Å². The van der Waals surface area contributed by atoms with Crippen LogP contribution in [-0.4, -0.2) is 46.4 Å². The van der Waals surface area contributed by atoms with Crippen molar-refractivity contribution in [3.8, 4) is 5.69 Å². The molecule has 0 bridgehead atoms. The van der Waals surface area contributed by atoms with Crippen molar-refractivity contribution in [2.75, 3.05) is 30.9 Å². The lowest BCUT2D eigenvalue weighted by molar-refractivity contribution is 0.307. The van der Waals surface area contributed by atoms with Crippen LogP contribution >= 0.6 is 11.6 Å². The van der Waals surface area contributed by atoms with Gasteiger partial charge < -0.3 is 15.5 Å². The molecule has 0 radical (unpaired) electrons. The van der Waals surface area contributed by atoms with Crippen molar-refractivity contribution in [2.45, 2.75) is 83.7 Å². The molecule has 7 nitrogen and oxygen atoms in total. The Morgan fingerprint density at radius 3 is 2.55 bits per heavy atom. The molecule has 0 spiro atoms. The summed E-state index contributed by atoms with van der Waals surface area (Å²) in [5.74, 6) is 2.62. The van der Waals surface area contributed by atoms with Crippen LogP contribution in [0.15, 0.2) is 30.5 Å². The molecule has 2 N–H and O–H groups in total. The van der Waals surface area contributed by atoms with Crippen LogP contribution in [0.25, 0.3) is 5.69 Å². The van der Waals surface area contributed by atoms with Gasteiger partial charge in [0.1, 0.15) is 5.82 Å². The van der Waals surface area contributed by atoms with Crippen LogP contribution in [-0.2, 0) is 25.8 Å². The fraction of sp³-hybridized carbons (Fsp3) is 0.567. The van der Waals surface area contributed by atoms with Gasteiger partial charge in [0.15, 0.2) is 0 Å². The van der Waals surface area contributed by atoms with E-state index in [2.05, 4.69) is 34.2 Å². The van der Waals surface area contributed by atoms with Gasteiger partial charge in [-0.1, -0.05) is 24.9 Å². The molecular formula is C30H42ClN7. The fourth-order valence-corrected chi connectivity index (χ4v) is 6.25. The summed E-state index contributed by atoms with van der Waals surface area (Å²) in [5.41, 5.74) is 6.22. The summed E-state index contributed by atoms with van der Waals surface area (Å²) >= 11 is 6.09. The smallest absolute Gasteiger partial charge is 0.227 e. The first kappa shape index (κ1) is 26.9. The third-order valence-electron chi connectivity index (χ3n) is 8.35. The van der Waals surface area contributed by atoms with Crippen molar-refractivity contribution in [3.63, 3.8) is 0 Å². The molecule has 0 aliphatic heterocycles. The van der Waals surface area contributed by atoms with E-state index in [9.17, 15) is 0 Å². The summed E-state index contributed by atoms with van der Waals surface area (Å²) < 4.78 is 2.07. The summed E-state index contributed by atoms with van der Waals surface area (Å²) in [5, 5.41) is 12.5. The van der Waals surface area contributed by atoms with Crippen LogP contribution in [0.5, 0.6) is 0 Å². The zero-order chi connectivity index (χ0) is 26.5. The minimum atomic E-state index is 0.506. The fourth-order valence-electron chi connectivity index (χ4n) is 6.12. The molecule has 8 heteroatoms. The highest BCUT2D eigenvalue weighted by atomic mass is 35.5. The molecule has 0 saturated heterocycles. The largest absolute Gasteiger partial charge is 0.373 e. The van der Waals surface area contributed by atoms with E-state index in [-0.39, 0.29) is 0 Å². The number of aromatic nitrogens is 4. The summed E-state index contributed by atoms with van der Waals surface area (Å²) in [4.78, 5) is 12.2. The zero-order valence-electron chi connectivity index (χ0n) is 23.1. The summed E-state index contributed by atoms with van der Waals surface area (Å²) in [6.45, 7) is 4.13. The first-order chi connectivity index (χ1) is 18.6. The van der Waals surface area contributed by atoms with Crippen molar-refractivity contribution < 1.29 is 0 Å². The van der Waals surface area contributed by atoms with Crippen LogP contribution in [0, 0.1) is 5.92 Å². The summed E-state index contributed by atoms with van der Waals surface area (Å²) in [6.07, 6.45) is 13.6. The number of nitrogens with zero attached hydrogens (tertiary/aromatic N) is 5. The van der Waals surface area contributed by atoms with Crippen LogP contribution in [0.4, 0.5) is 11.8 Å². The lowest BCUT2D eigenvalue weighted by Gasteiger charge is -2.35. The molecule has 5 rings (SSSR count). The highest BCUT2D eigenvalue weighted by Gasteiger charge is 2.27. The maximum atomic E-state index is 6.09. The van der Waals surface area contributed by atoms with E-state index in [1.807, 2.05) is 37.5 Å². The molecule has 2 aromatic heterocycles. The average Bonchev–Trinajstić information content (AvgIpc) is 3.35. The number of nitrogens with one attached hydrogen (secondary N) is 2. The van der Waals surface area contributed by atoms with E-state index in [0.29, 0.717) is 12.0 Å². The minimum Gasteiger partial charge on any atom is -0.373 e. The maximum absolute atomic E-state index is 6.09. The van der Waals surface area contributed by atoms with Crippen molar-refractivity contribution >= 4 is 23.4 Å². The number of rotatable bonds is 10. The van der Waals surface area contributed by atoms with Gasteiger partial charge in [0.25, 0.3) is 0 Å². The van der Waals surface area contributed by atoms with Gasteiger partial charge >= 0.3 is 0 Å². The molecule has 2 aliphatic rings. The predicted molar refractivity (Wildman–Crippen MR) is 157 cm³/mol. The Kier molecular flexibility index (Phi) is 8.85. The molecule has 0 amide bonds. The molecule has 1 aromatic carbocycles. The maximum Gasteiger partial charge on any atom is 0.227 e. The van der Waals surface area contributed by atoms with Gasteiger partial charge in [-0.2, -0.15) is 10.1 Å². The van der Waals surface area contributed by atoms with E-state index in [0.717, 1.165) is 61.2 Å². The molecule has 1 fully saturated rings. The van der Waals surface area contributed by atoms with Gasteiger partial charge in [0.2, 0.25) is 5.95 Å². The van der Waals surface area contributed by atoms with Crippen molar-refractivity contribution in [2.24, 2.45) is 5.92 Å². The standard InChI is InChI=1S/C30H42ClN7/c1-4-7-28-22(20-34-38(28)25-16-12-23(31)13-17-25)19-33-18-21-10-14-24(15-11-21)37(3)30-35-27-9-6-5-8-26(27)29(32-2)36-30/h12-13,16-17,20-21,24,33H,4-11,14-15,18-19H2,1-3H3,(H,32,35,36). The lowest BCUT2D eigenvalue weighted by Crippen LogP contribution is -2.38. The molecule has 38 heavy (non-hydrogen) atoms. The third kappa shape index (κ3) is 5.99. The summed E-state index contributed by atoms with van der Waals surface area (Å²) in [7, 11) is 4.16. The minimum absolute atomic E-state index is 0.506. The highest BCUT2D eigenvalue weighted by molar-refractivity contribution is 6.30. The second kappa shape index (κ2) is 12.5. The second-order valence-electron chi connectivity index (χ2n) is 10.9. The Morgan fingerprint density at radius 2 is 1.82 bits per heavy atom. The number of aryl methyl sites for hydroxylation is 1. The summed E-state index contributed by atoms with van der Waals surface area (Å²) in [6, 6.07) is 8.44. The quantitative estimate of drug-likeness (QED) is 0.333. The van der Waals surface area contributed by atoms with Gasteiger partial charge in [0.05, 0.1) is 17.6 Å². The SMILES string of the molecule is CCCc1c(CNCC2CCC(N(C)c3nc4c(c(NC)n3)CCCC4)CC2)cnn1-c1ccc(Cl)cc1. The normalized spacial score (nSPS) is 19.3. The first-order valence-electron chi connectivity index (χ1n) is 14.4. The van der Waals surface area contributed by atoms with Crippen molar-refractivity contribution in [1.29, 1.82) is 0 Å². The first-order valence-corrected chi connectivity index (χ1v) is 14.8. The molecule has 0 atom stereocenters. The number of benzene rings is 1. The Labute approximate surface area is 232 Å². The average molecular weight is 536 g/mol. The third-order valence-corrected chi connectivity index (χ3v) is 8.60. The van der Waals surface area contributed by atoms with E-state index in [1.54, 1.807) is 0 Å². The number of anilines is 2. The Morgan fingerprint density at radius 1 is 1.05 bits per heavy atom. The number of hydrogen-bond acceptors (Lipinski definition) is 6. The van der Waals surface area contributed by atoms with Crippen molar-refractivity contribution in [1.82, 2.24) is 25.1 Å². The second-order valence-corrected chi connectivity index (χ2v) is 11.4. The Hall–Kier alpha value is -2.64. The monoisotopic (exact) mass is 535 g/mol. The van der Waals surface area contributed by atoms with Crippen LogP contribution < -0.4 is 15.5 Å². The van der Waals surface area contributed by atoms with Gasteiger partial charge in [0, 0.05) is 48.5 Å². The van der Waals surface area contributed by atoms with E-state index in [1.165, 1.54) is 61.0 Å². The highest BCUT2D eigenvalue weighted by Crippen LogP contribution is 2.31. The van der Waals surface area contributed by atoms with E-state index >= 15 is 0 Å². The van der Waals surface area contributed by atoms with Crippen LogP contribution in [0.2, 0.25) is 5.02 Å². The van der Waals surface area contributed by atoms with Crippen molar-refractivity contribution in [3.05, 3.63) is 58.0 Å². The Balaban J connectivity index is 1.14. The molecule has 1 saturated carbocycles. The molecule has 3 aromatic rings. The molecule has 2 aliphatic carbocycles. The Bertz CT molecular complexity index is 1180. The predicted octanol–water partition coefficient (Wildman–Crippen LogP) is 5.97. The van der Waals surface area contributed by atoms with Gasteiger partial charge in [-0.15, -0.1) is 0 Å². The van der Waals surface area contributed by atoms with Crippen LogP contribution in [0.1, 0.15) is 74.4 Å². The van der Waals surface area contributed by atoms with Gasteiger partial charge in [-0.05, 0) is 94.5 Å². The zero-order valence-corrected chi connectivity index (χ0v) is 23.9. The number of halogens is 1. The molecular weight excluding hydrogens is 494 g/mol. The molecule has 0 unspecified atom stereocenters. The molecule has 2 heterocycles. The number of hydrogen-bond donors (Lipinski definition) is 2. The van der Waals surface area contributed by atoms with Gasteiger partial charge in [-0.3, -0.25) is 0 Å². The molecule has 204 valence electrons. The lowest BCUT2D eigenvalue weighted by atomic mass is 9.85. The van der Waals surface area contributed by atoms with E-state index < -0.39 is 0 Å².